The molecule has 0 aromatic heterocycles. The van der Waals surface area contributed by atoms with Gasteiger partial charge in [0.15, 0.2) is 0 Å². The highest BCUT2D eigenvalue weighted by molar-refractivity contribution is 6.05. The molecule has 0 spiro atoms. The summed E-state index contributed by atoms with van der Waals surface area (Å²) in [5.74, 6) is 0. The Morgan fingerprint density at radius 2 is 1.64 bits per heavy atom. The molecule has 0 atom stereocenters. The number of nitrogens with zero attached hydrogens (tertiary/aromatic N) is 2. The lowest BCUT2D eigenvalue weighted by atomic mass is 10.1. The summed E-state index contributed by atoms with van der Waals surface area (Å²) in [4.78, 5) is 0. The van der Waals surface area contributed by atoms with Crippen LogP contribution in [-0.4, -0.2) is 12.4 Å². The summed E-state index contributed by atoms with van der Waals surface area (Å²) in [6.07, 6.45) is 7.45. The first kappa shape index (κ1) is 9.56. The normalized spacial score (nSPS) is 14.2. The van der Waals surface area contributed by atoms with Crippen LogP contribution < -0.4 is 0 Å². The van der Waals surface area contributed by atoms with E-state index < -0.39 is 0 Å². The van der Waals surface area contributed by atoms with Gasteiger partial charge in [-0.15, -0.1) is 0 Å². The Balaban J connectivity index is 0.000001000. The van der Waals surface area contributed by atoms with Crippen molar-refractivity contribution in [2.45, 2.75) is 7.43 Å². The maximum Gasteiger partial charge on any atom is 0.0857 e. The summed E-state index contributed by atoms with van der Waals surface area (Å²) < 4.78 is 0. The average Bonchev–Trinajstić information content (AvgIpc) is 1.95. The number of allylic oxidation sites excluding steroid dienone is 5. The van der Waals surface area contributed by atoms with Gasteiger partial charge in [0.25, 0.3) is 0 Å². The van der Waals surface area contributed by atoms with Crippen molar-refractivity contribution in [3.05, 3.63) is 36.5 Å². The van der Waals surface area contributed by atoms with Gasteiger partial charge in [-0.05, 0) is 17.7 Å². The summed E-state index contributed by atoms with van der Waals surface area (Å²) >= 11 is 0. The van der Waals surface area contributed by atoms with Gasteiger partial charge in [-0.3, -0.25) is 0 Å². The molecule has 0 saturated carbocycles. The molecule has 0 heterocycles. The highest BCUT2D eigenvalue weighted by atomic mass is 15.2. The summed E-state index contributed by atoms with van der Waals surface area (Å²) in [6, 6.07) is 0. The van der Waals surface area contributed by atoms with Crippen LogP contribution in [0.25, 0.3) is 0 Å². The number of rotatable bonds is 1. The Morgan fingerprint density at radius 1 is 1.09 bits per heavy atom. The third kappa shape index (κ3) is 2.76. The van der Waals surface area contributed by atoms with Crippen molar-refractivity contribution in [1.29, 1.82) is 0 Å². The lowest BCUT2D eigenvalue weighted by Gasteiger charge is -1.97. The van der Waals surface area contributed by atoms with Gasteiger partial charge in [-0.1, -0.05) is 26.2 Å². The third-order valence-electron chi connectivity index (χ3n) is 1.12. The largest absolute Gasteiger partial charge is 0.166 e. The van der Waals surface area contributed by atoms with Crippen LogP contribution in [0.4, 0.5) is 0 Å². The standard InChI is InChI=1S/C8H8N2.CH4/c1-7-3-5-8(6-4-7)10-9-2;/h3-6H,1-2H2;1H4. The van der Waals surface area contributed by atoms with E-state index >= 15 is 0 Å². The molecular formula is C9H12N2. The zero-order valence-corrected chi connectivity index (χ0v) is 5.62. The van der Waals surface area contributed by atoms with Crippen molar-refractivity contribution in [1.82, 2.24) is 0 Å². The van der Waals surface area contributed by atoms with E-state index in [2.05, 4.69) is 23.5 Å². The van der Waals surface area contributed by atoms with Crippen LogP contribution in [-0.2, 0) is 0 Å². The molecule has 0 fully saturated rings. The molecule has 0 aliphatic heterocycles. The molecule has 11 heavy (non-hydrogen) atoms. The maximum atomic E-state index is 3.73. The molecule has 1 aliphatic carbocycles. The SMILES string of the molecule is C.C=NN=C1C=CC(=C)C=C1. The summed E-state index contributed by atoms with van der Waals surface area (Å²) in [5.41, 5.74) is 1.78. The van der Waals surface area contributed by atoms with Crippen LogP contribution in [0.15, 0.2) is 46.7 Å². The topological polar surface area (TPSA) is 24.7 Å². The van der Waals surface area contributed by atoms with E-state index in [0.717, 1.165) is 11.3 Å². The zero-order valence-electron chi connectivity index (χ0n) is 5.62. The minimum Gasteiger partial charge on any atom is -0.166 e. The number of hydrogen-bond donors (Lipinski definition) is 0. The summed E-state index contributed by atoms with van der Waals surface area (Å²) in [7, 11) is 0. The highest BCUT2D eigenvalue weighted by Gasteiger charge is 1.92. The molecule has 0 aromatic rings. The fourth-order valence-corrected chi connectivity index (χ4v) is 0.644. The van der Waals surface area contributed by atoms with E-state index in [1.807, 2.05) is 24.3 Å². The van der Waals surface area contributed by atoms with Gasteiger partial charge in [0.2, 0.25) is 0 Å². The van der Waals surface area contributed by atoms with Crippen LogP contribution in [0.3, 0.4) is 0 Å². The van der Waals surface area contributed by atoms with Gasteiger partial charge in [0, 0.05) is 6.72 Å². The summed E-state index contributed by atoms with van der Waals surface area (Å²) in [6.45, 7) is 6.98. The Kier molecular flexibility index (Phi) is 3.81. The van der Waals surface area contributed by atoms with Crippen LogP contribution in [0.1, 0.15) is 7.43 Å². The molecule has 2 heteroatoms. The zero-order chi connectivity index (χ0) is 7.40. The van der Waals surface area contributed by atoms with Crippen LogP contribution in [0, 0.1) is 0 Å². The van der Waals surface area contributed by atoms with Crippen molar-refractivity contribution < 1.29 is 0 Å². The molecule has 0 bridgehead atoms. The Hall–Kier alpha value is -1.44. The Morgan fingerprint density at radius 3 is 2.09 bits per heavy atom. The molecule has 0 N–H and O–H groups in total. The first-order chi connectivity index (χ1) is 4.83. The van der Waals surface area contributed by atoms with Crippen molar-refractivity contribution >= 4 is 12.4 Å². The predicted octanol–water partition coefficient (Wildman–Crippen LogP) is 2.36. The van der Waals surface area contributed by atoms with Crippen molar-refractivity contribution in [3.63, 3.8) is 0 Å². The van der Waals surface area contributed by atoms with Crippen molar-refractivity contribution in [2.24, 2.45) is 10.2 Å². The maximum absolute atomic E-state index is 3.73. The van der Waals surface area contributed by atoms with E-state index in [1.165, 1.54) is 0 Å². The predicted molar refractivity (Wildman–Crippen MR) is 51.1 cm³/mol. The molecular weight excluding hydrogens is 136 g/mol. The van der Waals surface area contributed by atoms with Gasteiger partial charge in [-0.25, -0.2) is 0 Å². The monoisotopic (exact) mass is 148 g/mol. The van der Waals surface area contributed by atoms with Gasteiger partial charge >= 0.3 is 0 Å². The average molecular weight is 148 g/mol. The second-order valence-electron chi connectivity index (χ2n) is 1.91. The summed E-state index contributed by atoms with van der Waals surface area (Å²) in [5, 5.41) is 7.12. The Labute approximate surface area is 67.4 Å². The molecule has 0 amide bonds. The molecule has 1 rings (SSSR count). The van der Waals surface area contributed by atoms with E-state index in [9.17, 15) is 0 Å². The van der Waals surface area contributed by atoms with Gasteiger partial charge in [0.1, 0.15) is 0 Å². The van der Waals surface area contributed by atoms with Crippen LogP contribution in [0.5, 0.6) is 0 Å². The quantitative estimate of drug-likeness (QED) is 0.403. The van der Waals surface area contributed by atoms with E-state index in [4.69, 9.17) is 0 Å². The van der Waals surface area contributed by atoms with Crippen molar-refractivity contribution in [2.75, 3.05) is 0 Å². The molecule has 58 valence electrons. The van der Waals surface area contributed by atoms with Crippen LogP contribution >= 0.6 is 0 Å². The second-order valence-corrected chi connectivity index (χ2v) is 1.91. The third-order valence-corrected chi connectivity index (χ3v) is 1.12. The fraction of sp³-hybridized carbons (Fsp3) is 0.111. The molecule has 0 unspecified atom stereocenters. The lowest BCUT2D eigenvalue weighted by Crippen LogP contribution is -1.90. The highest BCUT2D eigenvalue weighted by Crippen LogP contribution is 2.03. The minimum absolute atomic E-state index is 0. The smallest absolute Gasteiger partial charge is 0.0857 e. The van der Waals surface area contributed by atoms with Crippen molar-refractivity contribution in [3.8, 4) is 0 Å². The van der Waals surface area contributed by atoms with Crippen LogP contribution in [0.2, 0.25) is 0 Å². The minimum atomic E-state index is 0. The molecule has 0 radical (unpaired) electrons. The van der Waals surface area contributed by atoms with Gasteiger partial charge < -0.3 is 0 Å². The molecule has 2 nitrogen and oxygen atoms in total. The molecule has 1 aliphatic rings. The van der Waals surface area contributed by atoms with Gasteiger partial charge in [0.05, 0.1) is 5.71 Å². The first-order valence-corrected chi connectivity index (χ1v) is 2.91. The second kappa shape index (κ2) is 4.39. The van der Waals surface area contributed by atoms with E-state index in [-0.39, 0.29) is 7.43 Å². The molecule has 0 aromatic carbocycles. The van der Waals surface area contributed by atoms with E-state index in [1.54, 1.807) is 0 Å². The van der Waals surface area contributed by atoms with E-state index in [0.29, 0.717) is 0 Å². The Bertz CT molecular complexity index is 226. The first-order valence-electron chi connectivity index (χ1n) is 2.91. The molecule has 0 saturated heterocycles. The number of hydrogen-bond acceptors (Lipinski definition) is 2. The van der Waals surface area contributed by atoms with Gasteiger partial charge in [-0.2, -0.15) is 10.2 Å². The fourth-order valence-electron chi connectivity index (χ4n) is 0.644. The lowest BCUT2D eigenvalue weighted by molar-refractivity contribution is 1.27.